The summed E-state index contributed by atoms with van der Waals surface area (Å²) in [4.78, 5) is 13.6. The van der Waals surface area contributed by atoms with Gasteiger partial charge in [-0.25, -0.2) is 0 Å². The predicted octanol–water partition coefficient (Wildman–Crippen LogP) is 2.67. The lowest BCUT2D eigenvalue weighted by Crippen LogP contribution is -2.27. The fourth-order valence-electron chi connectivity index (χ4n) is 2.65. The van der Waals surface area contributed by atoms with Crippen molar-refractivity contribution < 1.29 is 4.79 Å². The van der Waals surface area contributed by atoms with Gasteiger partial charge in [-0.1, -0.05) is 6.42 Å². The van der Waals surface area contributed by atoms with E-state index in [1.54, 1.807) is 25.1 Å². The number of carbonyl (C=O) groups excluding carboxylic acids is 1. The molecule has 2 unspecified atom stereocenters. The molecule has 3 N–H and O–H groups in total. The Bertz CT molecular complexity index is 490. The number of anilines is 2. The summed E-state index contributed by atoms with van der Waals surface area (Å²) in [5, 5.41) is 4.16. The minimum Gasteiger partial charge on any atom is -0.397 e. The number of nitrogens with one attached hydrogen (secondary N) is 1. The van der Waals surface area contributed by atoms with E-state index in [0.717, 1.165) is 12.1 Å². The number of hydrogen-bond acceptors (Lipinski definition) is 4. The van der Waals surface area contributed by atoms with Gasteiger partial charge in [0.2, 0.25) is 0 Å². The highest BCUT2D eigenvalue weighted by Gasteiger charge is 2.26. The number of benzene rings is 1. The summed E-state index contributed by atoms with van der Waals surface area (Å²) in [7, 11) is 3.51. The summed E-state index contributed by atoms with van der Waals surface area (Å²) >= 11 is 1.90. The maximum atomic E-state index is 12.0. The monoisotopic (exact) mass is 293 g/mol. The fraction of sp³-hybridized carbons (Fsp3) is 0.533. The van der Waals surface area contributed by atoms with Crippen molar-refractivity contribution in [3.05, 3.63) is 23.8 Å². The van der Waals surface area contributed by atoms with Crippen molar-refractivity contribution in [3.8, 4) is 0 Å². The Labute approximate surface area is 125 Å². The van der Waals surface area contributed by atoms with Crippen LogP contribution in [0.15, 0.2) is 18.2 Å². The molecule has 0 radical (unpaired) electrons. The molecule has 0 saturated heterocycles. The molecule has 0 spiro atoms. The molecule has 4 nitrogen and oxygen atoms in total. The van der Waals surface area contributed by atoms with Crippen LogP contribution in [0.25, 0.3) is 0 Å². The number of thioether (sulfide) groups is 1. The smallest absolute Gasteiger partial charge is 0.253 e. The van der Waals surface area contributed by atoms with Crippen LogP contribution in [-0.2, 0) is 0 Å². The van der Waals surface area contributed by atoms with E-state index in [4.69, 9.17) is 5.73 Å². The van der Waals surface area contributed by atoms with Crippen molar-refractivity contribution in [2.45, 2.75) is 30.6 Å². The molecule has 0 heterocycles. The van der Waals surface area contributed by atoms with Gasteiger partial charge in [0.1, 0.15) is 0 Å². The number of nitrogens with two attached hydrogens (primary N) is 1. The zero-order chi connectivity index (χ0) is 14.7. The van der Waals surface area contributed by atoms with Crippen LogP contribution < -0.4 is 11.1 Å². The Balaban J connectivity index is 2.18. The Morgan fingerprint density at radius 3 is 2.80 bits per heavy atom. The molecular weight excluding hydrogens is 270 g/mol. The van der Waals surface area contributed by atoms with Crippen molar-refractivity contribution in [3.63, 3.8) is 0 Å². The molecule has 0 bridgehead atoms. The van der Waals surface area contributed by atoms with Gasteiger partial charge < -0.3 is 16.0 Å². The van der Waals surface area contributed by atoms with Gasteiger partial charge in [-0.05, 0) is 37.3 Å². The van der Waals surface area contributed by atoms with Crippen LogP contribution in [0.2, 0.25) is 0 Å². The number of amides is 1. The van der Waals surface area contributed by atoms with Crippen molar-refractivity contribution in [1.29, 1.82) is 0 Å². The summed E-state index contributed by atoms with van der Waals surface area (Å²) in [6.07, 6.45) is 5.81. The Hall–Kier alpha value is -1.36. The average Bonchev–Trinajstić information content (AvgIpc) is 2.87. The van der Waals surface area contributed by atoms with E-state index in [2.05, 4.69) is 11.6 Å². The van der Waals surface area contributed by atoms with E-state index in [1.165, 1.54) is 12.8 Å². The van der Waals surface area contributed by atoms with Gasteiger partial charge in [0.15, 0.2) is 0 Å². The normalized spacial score (nSPS) is 21.8. The van der Waals surface area contributed by atoms with Crippen LogP contribution in [0, 0.1) is 0 Å². The van der Waals surface area contributed by atoms with Gasteiger partial charge in [0, 0.05) is 31.0 Å². The third kappa shape index (κ3) is 3.20. The molecule has 1 amide bonds. The molecule has 0 aromatic heterocycles. The first kappa shape index (κ1) is 15.0. The number of rotatable bonds is 4. The van der Waals surface area contributed by atoms with Gasteiger partial charge in [-0.3, -0.25) is 4.79 Å². The van der Waals surface area contributed by atoms with Crippen LogP contribution in [0.4, 0.5) is 11.4 Å². The summed E-state index contributed by atoms with van der Waals surface area (Å²) in [6, 6.07) is 5.90. The molecule has 1 aromatic carbocycles. The molecule has 1 saturated carbocycles. The van der Waals surface area contributed by atoms with E-state index in [1.807, 2.05) is 23.9 Å². The van der Waals surface area contributed by atoms with Crippen LogP contribution in [0.3, 0.4) is 0 Å². The number of nitrogen functional groups attached to an aromatic ring is 1. The van der Waals surface area contributed by atoms with E-state index < -0.39 is 0 Å². The van der Waals surface area contributed by atoms with E-state index in [0.29, 0.717) is 22.5 Å². The molecule has 1 fully saturated rings. The molecule has 2 rings (SSSR count). The number of nitrogens with zero attached hydrogens (tertiary/aromatic N) is 1. The molecule has 0 aliphatic heterocycles. The second-order valence-electron chi connectivity index (χ2n) is 5.46. The Morgan fingerprint density at radius 1 is 1.40 bits per heavy atom. The zero-order valence-corrected chi connectivity index (χ0v) is 13.2. The lowest BCUT2D eigenvalue weighted by Gasteiger charge is -2.22. The lowest BCUT2D eigenvalue weighted by atomic mass is 10.1. The topological polar surface area (TPSA) is 58.4 Å². The molecule has 5 heteroatoms. The first-order valence-electron chi connectivity index (χ1n) is 6.93. The largest absolute Gasteiger partial charge is 0.397 e. The van der Waals surface area contributed by atoms with Crippen LogP contribution in [0.5, 0.6) is 0 Å². The summed E-state index contributed by atoms with van der Waals surface area (Å²) in [6.45, 7) is 0. The highest BCUT2D eigenvalue weighted by molar-refractivity contribution is 7.99. The highest BCUT2D eigenvalue weighted by atomic mass is 32.2. The summed E-state index contributed by atoms with van der Waals surface area (Å²) in [5.74, 6) is 0.000823. The fourth-order valence-corrected chi connectivity index (χ4v) is 3.58. The molecule has 1 aliphatic carbocycles. The van der Waals surface area contributed by atoms with Gasteiger partial charge in [0.25, 0.3) is 5.91 Å². The Kier molecular flexibility index (Phi) is 4.81. The van der Waals surface area contributed by atoms with Crippen molar-refractivity contribution in [2.24, 2.45) is 0 Å². The Morgan fingerprint density at radius 2 is 2.15 bits per heavy atom. The molecule has 2 atom stereocenters. The van der Waals surface area contributed by atoms with Gasteiger partial charge in [-0.15, -0.1) is 0 Å². The van der Waals surface area contributed by atoms with E-state index in [-0.39, 0.29) is 5.91 Å². The highest BCUT2D eigenvalue weighted by Crippen LogP contribution is 2.32. The number of hydrogen-bond donors (Lipinski definition) is 2. The van der Waals surface area contributed by atoms with Gasteiger partial charge in [-0.2, -0.15) is 11.8 Å². The molecule has 20 heavy (non-hydrogen) atoms. The van der Waals surface area contributed by atoms with Crippen LogP contribution in [0.1, 0.15) is 29.6 Å². The maximum Gasteiger partial charge on any atom is 0.253 e. The zero-order valence-electron chi connectivity index (χ0n) is 12.3. The SMILES string of the molecule is CSC1CCCC1Nc1cc(C(=O)N(C)C)ccc1N. The predicted molar refractivity (Wildman–Crippen MR) is 87.4 cm³/mol. The maximum absolute atomic E-state index is 12.0. The minimum absolute atomic E-state index is 0.000823. The van der Waals surface area contributed by atoms with Crippen molar-refractivity contribution in [1.82, 2.24) is 4.90 Å². The lowest BCUT2D eigenvalue weighted by molar-refractivity contribution is 0.0827. The third-order valence-electron chi connectivity index (χ3n) is 3.80. The third-order valence-corrected chi connectivity index (χ3v) is 4.97. The van der Waals surface area contributed by atoms with Crippen molar-refractivity contribution in [2.75, 3.05) is 31.4 Å². The molecule has 1 aromatic rings. The molecule has 1 aliphatic rings. The van der Waals surface area contributed by atoms with Crippen LogP contribution in [-0.4, -0.2) is 42.4 Å². The minimum atomic E-state index is 0.000823. The second kappa shape index (κ2) is 6.39. The quantitative estimate of drug-likeness (QED) is 0.838. The molecule has 110 valence electrons. The summed E-state index contributed by atoms with van der Waals surface area (Å²) < 4.78 is 0. The standard InChI is InChI=1S/C15H23N3OS/c1-18(2)15(19)10-7-8-11(16)13(9-10)17-12-5-4-6-14(12)20-3/h7-9,12,14,17H,4-6,16H2,1-3H3. The van der Waals surface area contributed by atoms with Gasteiger partial charge >= 0.3 is 0 Å². The van der Waals surface area contributed by atoms with E-state index in [9.17, 15) is 4.79 Å². The van der Waals surface area contributed by atoms with Crippen LogP contribution >= 0.6 is 11.8 Å². The van der Waals surface area contributed by atoms with Gasteiger partial charge in [0.05, 0.1) is 11.4 Å². The summed E-state index contributed by atoms with van der Waals surface area (Å²) in [5.41, 5.74) is 8.29. The average molecular weight is 293 g/mol. The first-order chi connectivity index (χ1) is 9.52. The molecular formula is C15H23N3OS. The van der Waals surface area contributed by atoms with Crippen molar-refractivity contribution >= 4 is 29.0 Å². The number of carbonyl (C=O) groups is 1. The second-order valence-corrected chi connectivity index (χ2v) is 6.53. The first-order valence-corrected chi connectivity index (χ1v) is 8.22. The van der Waals surface area contributed by atoms with E-state index >= 15 is 0 Å².